The van der Waals surface area contributed by atoms with Gasteiger partial charge < -0.3 is 15.0 Å². The minimum absolute atomic E-state index is 0.202. The first-order valence-electron chi connectivity index (χ1n) is 5.48. The van der Waals surface area contributed by atoms with Gasteiger partial charge in [-0.15, -0.1) is 0 Å². The molecule has 0 spiro atoms. The van der Waals surface area contributed by atoms with Crippen molar-refractivity contribution in [3.8, 4) is 0 Å². The maximum absolute atomic E-state index is 11.7. The number of hydrogen-bond donors (Lipinski definition) is 1. The Morgan fingerprint density at radius 1 is 1.40 bits per heavy atom. The molecule has 1 rings (SSSR count). The van der Waals surface area contributed by atoms with Crippen LogP contribution in [0.3, 0.4) is 0 Å². The summed E-state index contributed by atoms with van der Waals surface area (Å²) in [5.41, 5.74) is -0.405. The standard InChI is InChI=1S/C11H22N2O2/c1-8-6-13(7-9(8)12-5)10(14)15-11(2,3)4/h8-9,12H,6-7H2,1-5H3. The van der Waals surface area contributed by atoms with Gasteiger partial charge >= 0.3 is 6.09 Å². The maximum atomic E-state index is 11.7. The molecule has 1 aliphatic rings. The van der Waals surface area contributed by atoms with Crippen LogP contribution in [-0.2, 0) is 4.74 Å². The summed E-state index contributed by atoms with van der Waals surface area (Å²) in [4.78, 5) is 13.5. The van der Waals surface area contributed by atoms with Gasteiger partial charge in [0, 0.05) is 19.1 Å². The first kappa shape index (κ1) is 12.3. The Kier molecular flexibility index (Phi) is 3.60. The molecule has 1 aliphatic heterocycles. The molecule has 4 nitrogen and oxygen atoms in total. The Labute approximate surface area is 92.0 Å². The van der Waals surface area contributed by atoms with Crippen molar-refractivity contribution in [1.82, 2.24) is 10.2 Å². The van der Waals surface area contributed by atoms with Gasteiger partial charge in [0.25, 0.3) is 0 Å². The molecule has 88 valence electrons. The summed E-state index contributed by atoms with van der Waals surface area (Å²) >= 11 is 0. The second-order valence-corrected chi connectivity index (χ2v) is 5.26. The molecule has 1 fully saturated rings. The first-order valence-corrected chi connectivity index (χ1v) is 5.48. The van der Waals surface area contributed by atoms with Crippen LogP contribution < -0.4 is 5.32 Å². The minimum atomic E-state index is -0.405. The summed E-state index contributed by atoms with van der Waals surface area (Å²) < 4.78 is 5.32. The normalized spacial score (nSPS) is 26.9. The zero-order chi connectivity index (χ0) is 11.6. The lowest BCUT2D eigenvalue weighted by Crippen LogP contribution is -2.37. The van der Waals surface area contributed by atoms with E-state index in [9.17, 15) is 4.79 Å². The molecule has 2 unspecified atom stereocenters. The van der Waals surface area contributed by atoms with Crippen LogP contribution in [0, 0.1) is 5.92 Å². The fourth-order valence-corrected chi connectivity index (χ4v) is 1.82. The highest BCUT2D eigenvalue weighted by atomic mass is 16.6. The van der Waals surface area contributed by atoms with Crippen LogP contribution in [0.4, 0.5) is 4.79 Å². The highest BCUT2D eigenvalue weighted by molar-refractivity contribution is 5.68. The highest BCUT2D eigenvalue weighted by Gasteiger charge is 2.33. The summed E-state index contributed by atoms with van der Waals surface area (Å²) in [6.07, 6.45) is -0.202. The van der Waals surface area contributed by atoms with Crippen LogP contribution >= 0.6 is 0 Å². The predicted octanol–water partition coefficient (Wildman–Crippen LogP) is 1.46. The van der Waals surface area contributed by atoms with Gasteiger partial charge in [0.15, 0.2) is 0 Å². The minimum Gasteiger partial charge on any atom is -0.444 e. The number of likely N-dealkylation sites (tertiary alicyclic amines) is 1. The fraction of sp³-hybridized carbons (Fsp3) is 0.909. The van der Waals surface area contributed by atoms with Crippen molar-refractivity contribution in [2.24, 2.45) is 5.92 Å². The van der Waals surface area contributed by atoms with Crippen molar-refractivity contribution in [2.45, 2.75) is 39.3 Å². The Bertz CT molecular complexity index is 235. The molecule has 1 saturated heterocycles. The summed E-state index contributed by atoms with van der Waals surface area (Å²) in [7, 11) is 1.93. The van der Waals surface area contributed by atoms with E-state index in [4.69, 9.17) is 4.74 Å². The number of rotatable bonds is 1. The number of hydrogen-bond acceptors (Lipinski definition) is 3. The van der Waals surface area contributed by atoms with Crippen LogP contribution in [0.25, 0.3) is 0 Å². The van der Waals surface area contributed by atoms with E-state index in [0.717, 1.165) is 13.1 Å². The van der Waals surface area contributed by atoms with E-state index >= 15 is 0 Å². The van der Waals surface area contributed by atoms with Gasteiger partial charge in [0.1, 0.15) is 5.60 Å². The molecule has 1 heterocycles. The third-order valence-corrected chi connectivity index (χ3v) is 2.63. The lowest BCUT2D eigenvalue weighted by atomic mass is 10.1. The first-order chi connectivity index (χ1) is 6.83. The fourth-order valence-electron chi connectivity index (χ4n) is 1.82. The lowest BCUT2D eigenvalue weighted by molar-refractivity contribution is 0.0287. The zero-order valence-electron chi connectivity index (χ0n) is 10.3. The van der Waals surface area contributed by atoms with Gasteiger partial charge in [-0.2, -0.15) is 0 Å². The summed E-state index contributed by atoms with van der Waals surface area (Å²) in [5.74, 6) is 0.488. The van der Waals surface area contributed by atoms with Crippen LogP contribution in [0.5, 0.6) is 0 Å². The SMILES string of the molecule is CNC1CN(C(=O)OC(C)(C)C)CC1C. The van der Waals surface area contributed by atoms with E-state index < -0.39 is 5.60 Å². The number of likely N-dealkylation sites (N-methyl/N-ethyl adjacent to an activating group) is 1. The third-order valence-electron chi connectivity index (χ3n) is 2.63. The monoisotopic (exact) mass is 214 g/mol. The van der Waals surface area contributed by atoms with E-state index in [1.54, 1.807) is 4.90 Å². The molecule has 1 amide bonds. The zero-order valence-corrected chi connectivity index (χ0v) is 10.3. The predicted molar refractivity (Wildman–Crippen MR) is 59.8 cm³/mol. The van der Waals surface area contributed by atoms with Crippen molar-refractivity contribution in [3.05, 3.63) is 0 Å². The Hall–Kier alpha value is -0.770. The topological polar surface area (TPSA) is 41.6 Å². The van der Waals surface area contributed by atoms with E-state index in [1.165, 1.54) is 0 Å². The molecule has 0 aromatic rings. The van der Waals surface area contributed by atoms with Gasteiger partial charge in [-0.05, 0) is 33.7 Å². The number of carbonyl (C=O) groups excluding carboxylic acids is 1. The lowest BCUT2D eigenvalue weighted by Gasteiger charge is -2.24. The van der Waals surface area contributed by atoms with Crippen molar-refractivity contribution in [1.29, 1.82) is 0 Å². The number of amides is 1. The van der Waals surface area contributed by atoms with Crippen molar-refractivity contribution < 1.29 is 9.53 Å². The van der Waals surface area contributed by atoms with E-state index in [0.29, 0.717) is 12.0 Å². The number of ether oxygens (including phenoxy) is 1. The van der Waals surface area contributed by atoms with Gasteiger partial charge in [0.05, 0.1) is 0 Å². The smallest absolute Gasteiger partial charge is 0.410 e. The average molecular weight is 214 g/mol. The number of nitrogens with one attached hydrogen (secondary N) is 1. The van der Waals surface area contributed by atoms with Gasteiger partial charge in [-0.1, -0.05) is 6.92 Å². The van der Waals surface area contributed by atoms with Crippen LogP contribution in [-0.4, -0.2) is 42.8 Å². The summed E-state index contributed by atoms with van der Waals surface area (Å²) in [6.45, 7) is 9.33. The molecule has 0 bridgehead atoms. The summed E-state index contributed by atoms with van der Waals surface area (Å²) in [6, 6.07) is 0.387. The van der Waals surface area contributed by atoms with Crippen LogP contribution in [0.15, 0.2) is 0 Å². The van der Waals surface area contributed by atoms with Crippen LogP contribution in [0.1, 0.15) is 27.7 Å². The molecule has 0 saturated carbocycles. The molecule has 0 aliphatic carbocycles. The molecule has 15 heavy (non-hydrogen) atoms. The molecule has 0 aromatic carbocycles. The van der Waals surface area contributed by atoms with Crippen molar-refractivity contribution >= 4 is 6.09 Å². The Morgan fingerprint density at radius 2 is 2.00 bits per heavy atom. The van der Waals surface area contributed by atoms with Gasteiger partial charge in [0.2, 0.25) is 0 Å². The maximum Gasteiger partial charge on any atom is 0.410 e. The third kappa shape index (κ3) is 3.38. The molecule has 4 heteroatoms. The molecule has 2 atom stereocenters. The van der Waals surface area contributed by atoms with E-state index in [1.807, 2.05) is 27.8 Å². The highest BCUT2D eigenvalue weighted by Crippen LogP contribution is 2.19. The Balaban J connectivity index is 2.50. The van der Waals surface area contributed by atoms with Gasteiger partial charge in [-0.3, -0.25) is 0 Å². The molecule has 0 radical (unpaired) electrons. The second-order valence-electron chi connectivity index (χ2n) is 5.26. The quantitative estimate of drug-likeness (QED) is 0.718. The van der Waals surface area contributed by atoms with E-state index in [2.05, 4.69) is 12.2 Å². The van der Waals surface area contributed by atoms with E-state index in [-0.39, 0.29) is 6.09 Å². The second kappa shape index (κ2) is 4.39. The Morgan fingerprint density at radius 3 is 2.40 bits per heavy atom. The van der Waals surface area contributed by atoms with Gasteiger partial charge in [-0.25, -0.2) is 4.79 Å². The average Bonchev–Trinajstić information content (AvgIpc) is 2.43. The van der Waals surface area contributed by atoms with Crippen LogP contribution in [0.2, 0.25) is 0 Å². The van der Waals surface area contributed by atoms with Crippen molar-refractivity contribution in [2.75, 3.05) is 20.1 Å². The summed E-state index contributed by atoms with van der Waals surface area (Å²) in [5, 5.41) is 3.21. The number of nitrogens with zero attached hydrogens (tertiary/aromatic N) is 1. The molecule has 1 N–H and O–H groups in total. The largest absolute Gasteiger partial charge is 0.444 e. The molecule has 0 aromatic heterocycles. The molecular weight excluding hydrogens is 192 g/mol. The number of carbonyl (C=O) groups is 1. The molecular formula is C11H22N2O2. The van der Waals surface area contributed by atoms with Crippen molar-refractivity contribution in [3.63, 3.8) is 0 Å².